The van der Waals surface area contributed by atoms with Gasteiger partial charge in [0.2, 0.25) is 11.8 Å². The summed E-state index contributed by atoms with van der Waals surface area (Å²) < 4.78 is 11.0. The van der Waals surface area contributed by atoms with Crippen LogP contribution in [0.2, 0.25) is 0 Å². The number of benzene rings is 1. The van der Waals surface area contributed by atoms with Gasteiger partial charge in [0, 0.05) is 12.5 Å². The van der Waals surface area contributed by atoms with Gasteiger partial charge in [-0.15, -0.1) is 0 Å². The van der Waals surface area contributed by atoms with Gasteiger partial charge in [0.15, 0.2) is 11.5 Å². The molecule has 5 nitrogen and oxygen atoms in total. The third kappa shape index (κ3) is 5.22. The minimum atomic E-state index is 0.0516. The zero-order chi connectivity index (χ0) is 18.2. The van der Waals surface area contributed by atoms with Gasteiger partial charge in [0.25, 0.3) is 0 Å². The predicted molar refractivity (Wildman–Crippen MR) is 102 cm³/mol. The molecule has 1 aliphatic rings. The third-order valence-corrected chi connectivity index (χ3v) is 4.81. The Morgan fingerprint density at radius 3 is 2.58 bits per heavy atom. The van der Waals surface area contributed by atoms with Crippen LogP contribution in [0.25, 0.3) is 0 Å². The van der Waals surface area contributed by atoms with E-state index in [4.69, 9.17) is 9.47 Å². The van der Waals surface area contributed by atoms with E-state index in [-0.39, 0.29) is 5.91 Å². The van der Waals surface area contributed by atoms with Gasteiger partial charge in [-0.2, -0.15) is 0 Å². The first-order valence-corrected chi connectivity index (χ1v) is 9.31. The fourth-order valence-corrected chi connectivity index (χ4v) is 3.36. The van der Waals surface area contributed by atoms with Gasteiger partial charge in [-0.05, 0) is 30.5 Å². The van der Waals surface area contributed by atoms with Crippen LogP contribution < -0.4 is 14.8 Å². The van der Waals surface area contributed by atoms with Crippen LogP contribution in [0.3, 0.4) is 0 Å². The molecule has 0 saturated heterocycles. The van der Waals surface area contributed by atoms with Crippen molar-refractivity contribution in [2.45, 2.75) is 44.9 Å². The Kier molecular flexibility index (Phi) is 6.47. The molecule has 1 aromatic heterocycles. The van der Waals surface area contributed by atoms with E-state index in [1.165, 1.54) is 32.1 Å². The van der Waals surface area contributed by atoms with E-state index in [1.54, 1.807) is 25.4 Å². The van der Waals surface area contributed by atoms with Gasteiger partial charge in [-0.1, -0.05) is 44.2 Å². The lowest BCUT2D eigenvalue weighted by atomic mass is 9.86. The van der Waals surface area contributed by atoms with Crippen LogP contribution in [0.4, 0.5) is 5.69 Å². The quantitative estimate of drug-likeness (QED) is 0.744. The van der Waals surface area contributed by atoms with Crippen molar-refractivity contribution in [3.8, 4) is 17.4 Å². The second-order valence-electron chi connectivity index (χ2n) is 6.73. The Balaban J connectivity index is 1.50. The second-order valence-corrected chi connectivity index (χ2v) is 6.73. The average molecular weight is 354 g/mol. The number of aromatic nitrogens is 1. The molecular weight excluding hydrogens is 328 g/mol. The number of carbonyl (C=O) groups excluding carboxylic acids is 1. The number of hydrogen-bond acceptors (Lipinski definition) is 4. The monoisotopic (exact) mass is 354 g/mol. The lowest BCUT2D eigenvalue weighted by Crippen LogP contribution is -2.14. The lowest BCUT2D eigenvalue weighted by molar-refractivity contribution is -0.116. The van der Waals surface area contributed by atoms with Crippen molar-refractivity contribution in [1.82, 2.24) is 4.98 Å². The molecule has 0 radical (unpaired) electrons. The van der Waals surface area contributed by atoms with E-state index in [0.717, 1.165) is 6.42 Å². The first kappa shape index (κ1) is 18.2. The van der Waals surface area contributed by atoms with Crippen molar-refractivity contribution in [2.75, 3.05) is 12.4 Å². The number of nitrogens with one attached hydrogen (secondary N) is 1. The predicted octanol–water partition coefficient (Wildman–Crippen LogP) is 5.18. The number of hydrogen-bond donors (Lipinski definition) is 1. The van der Waals surface area contributed by atoms with Crippen molar-refractivity contribution in [3.05, 3.63) is 42.6 Å². The molecule has 0 bridgehead atoms. The fourth-order valence-electron chi connectivity index (χ4n) is 3.36. The number of amides is 1. The number of methoxy groups -OCH3 is 1. The van der Waals surface area contributed by atoms with Crippen LogP contribution in [0.5, 0.6) is 17.4 Å². The topological polar surface area (TPSA) is 60.5 Å². The van der Waals surface area contributed by atoms with E-state index in [0.29, 0.717) is 35.4 Å². The standard InChI is InChI=1S/C21H26N2O3/c1-25-18-9-5-6-10-19(18)26-21-14-12-17(15-22-21)23-20(24)13-11-16-7-3-2-4-8-16/h5-6,9-10,12,14-16H,2-4,7-8,11,13H2,1H3,(H,23,24). The molecule has 0 aliphatic heterocycles. The molecular formula is C21H26N2O3. The molecule has 1 fully saturated rings. The summed E-state index contributed by atoms with van der Waals surface area (Å²) in [6.45, 7) is 0. The Labute approximate surface area is 154 Å². The average Bonchev–Trinajstić information content (AvgIpc) is 2.69. The number of pyridine rings is 1. The number of anilines is 1. The van der Waals surface area contributed by atoms with E-state index < -0.39 is 0 Å². The Bertz CT molecular complexity index is 709. The first-order chi connectivity index (χ1) is 12.7. The number of para-hydroxylation sites is 2. The largest absolute Gasteiger partial charge is 0.493 e. The second kappa shape index (κ2) is 9.22. The normalized spacial score (nSPS) is 14.7. The Morgan fingerprint density at radius 1 is 1.12 bits per heavy atom. The van der Waals surface area contributed by atoms with Crippen molar-refractivity contribution in [1.29, 1.82) is 0 Å². The first-order valence-electron chi connectivity index (χ1n) is 9.31. The van der Waals surface area contributed by atoms with E-state index in [1.807, 2.05) is 24.3 Å². The number of ether oxygens (including phenoxy) is 2. The van der Waals surface area contributed by atoms with Crippen LogP contribution in [-0.4, -0.2) is 18.0 Å². The summed E-state index contributed by atoms with van der Waals surface area (Å²) >= 11 is 0. The van der Waals surface area contributed by atoms with Gasteiger partial charge in [-0.3, -0.25) is 4.79 Å². The van der Waals surface area contributed by atoms with Gasteiger partial charge in [0.1, 0.15) is 0 Å². The van der Waals surface area contributed by atoms with Gasteiger partial charge in [-0.25, -0.2) is 4.98 Å². The maximum Gasteiger partial charge on any atom is 0.224 e. The molecule has 1 amide bonds. The van der Waals surface area contributed by atoms with Gasteiger partial charge < -0.3 is 14.8 Å². The van der Waals surface area contributed by atoms with E-state index in [2.05, 4.69) is 10.3 Å². The maximum atomic E-state index is 12.1. The maximum absolute atomic E-state index is 12.1. The molecule has 0 spiro atoms. The molecule has 5 heteroatoms. The summed E-state index contributed by atoms with van der Waals surface area (Å²) in [5, 5.41) is 2.91. The van der Waals surface area contributed by atoms with E-state index in [9.17, 15) is 4.79 Å². The van der Waals surface area contributed by atoms with Crippen molar-refractivity contribution in [2.24, 2.45) is 5.92 Å². The number of nitrogens with zero attached hydrogens (tertiary/aromatic N) is 1. The zero-order valence-electron chi connectivity index (χ0n) is 15.2. The number of carbonyl (C=O) groups is 1. The zero-order valence-corrected chi connectivity index (χ0v) is 15.2. The summed E-state index contributed by atoms with van der Waals surface area (Å²) in [4.78, 5) is 16.4. The summed E-state index contributed by atoms with van der Waals surface area (Å²) in [5.74, 6) is 2.47. The SMILES string of the molecule is COc1ccccc1Oc1ccc(NC(=O)CCC2CCCCC2)cn1. The molecule has 3 rings (SSSR count). The molecule has 1 N–H and O–H groups in total. The molecule has 1 heterocycles. The summed E-state index contributed by atoms with van der Waals surface area (Å²) in [6, 6.07) is 10.9. The minimum Gasteiger partial charge on any atom is -0.493 e. The van der Waals surface area contributed by atoms with Gasteiger partial charge in [0.05, 0.1) is 19.0 Å². The molecule has 0 atom stereocenters. The van der Waals surface area contributed by atoms with Crippen LogP contribution in [-0.2, 0) is 4.79 Å². The highest BCUT2D eigenvalue weighted by Crippen LogP contribution is 2.30. The molecule has 2 aromatic rings. The molecule has 0 unspecified atom stereocenters. The molecule has 26 heavy (non-hydrogen) atoms. The summed E-state index contributed by atoms with van der Waals surface area (Å²) in [7, 11) is 1.60. The third-order valence-electron chi connectivity index (χ3n) is 4.81. The van der Waals surface area contributed by atoms with Crippen LogP contribution in [0.1, 0.15) is 44.9 Å². The highest BCUT2D eigenvalue weighted by molar-refractivity contribution is 5.90. The smallest absolute Gasteiger partial charge is 0.224 e. The van der Waals surface area contributed by atoms with Crippen molar-refractivity contribution < 1.29 is 14.3 Å². The van der Waals surface area contributed by atoms with E-state index >= 15 is 0 Å². The van der Waals surface area contributed by atoms with Crippen molar-refractivity contribution in [3.63, 3.8) is 0 Å². The molecule has 1 saturated carbocycles. The molecule has 1 aromatic carbocycles. The van der Waals surface area contributed by atoms with Crippen LogP contribution in [0.15, 0.2) is 42.6 Å². The minimum absolute atomic E-state index is 0.0516. The fraction of sp³-hybridized carbons (Fsp3) is 0.429. The molecule has 1 aliphatic carbocycles. The number of rotatable bonds is 7. The highest BCUT2D eigenvalue weighted by Gasteiger charge is 2.15. The summed E-state index contributed by atoms with van der Waals surface area (Å²) in [5.41, 5.74) is 0.686. The summed E-state index contributed by atoms with van der Waals surface area (Å²) in [6.07, 6.45) is 9.67. The van der Waals surface area contributed by atoms with Crippen LogP contribution >= 0.6 is 0 Å². The van der Waals surface area contributed by atoms with Crippen LogP contribution in [0, 0.1) is 5.92 Å². The van der Waals surface area contributed by atoms with Gasteiger partial charge >= 0.3 is 0 Å². The Morgan fingerprint density at radius 2 is 1.88 bits per heavy atom. The lowest BCUT2D eigenvalue weighted by Gasteiger charge is -2.20. The molecule has 138 valence electrons. The Hall–Kier alpha value is -2.56. The van der Waals surface area contributed by atoms with Crippen molar-refractivity contribution >= 4 is 11.6 Å². The highest BCUT2D eigenvalue weighted by atomic mass is 16.5.